The number of alkyl halides is 2. The van der Waals surface area contributed by atoms with E-state index in [1.807, 2.05) is 0 Å². The van der Waals surface area contributed by atoms with Gasteiger partial charge in [0.1, 0.15) is 41.3 Å². The second-order valence-corrected chi connectivity index (χ2v) is 17.4. The van der Waals surface area contributed by atoms with Crippen molar-refractivity contribution in [2.24, 2.45) is 11.5 Å². The largest absolute Gasteiger partial charge is 0.508 e. The third-order valence-electron chi connectivity index (χ3n) is 11.3. The first-order valence-electron chi connectivity index (χ1n) is 22.5. The van der Waals surface area contributed by atoms with Gasteiger partial charge in [-0.15, -0.1) is 0 Å². The summed E-state index contributed by atoms with van der Waals surface area (Å²) in [7, 11) is -3.98. The van der Waals surface area contributed by atoms with Crippen molar-refractivity contribution in [1.82, 2.24) is 26.6 Å². The maximum absolute atomic E-state index is 14.2. The third-order valence-corrected chi connectivity index (χ3v) is 11.7. The molecule has 6 amide bonds. The normalized spacial score (nSPS) is 13.5. The summed E-state index contributed by atoms with van der Waals surface area (Å²) in [5.41, 5.74) is 11.4. The van der Waals surface area contributed by atoms with Crippen LogP contribution in [0.1, 0.15) is 84.2 Å². The van der Waals surface area contributed by atoms with E-state index < -0.39 is 85.5 Å². The van der Waals surface area contributed by atoms with Gasteiger partial charge < -0.3 is 57.6 Å². The zero-order valence-corrected chi connectivity index (χ0v) is 39.9. The van der Waals surface area contributed by atoms with Gasteiger partial charge in [-0.3, -0.25) is 38.1 Å². The minimum Gasteiger partial charge on any atom is -0.508 e. The zero-order valence-electron chi connectivity index (χ0n) is 38.9. The monoisotopic (exact) mass is 1020 g/mol. The van der Waals surface area contributed by atoms with Crippen LogP contribution in [0.5, 0.6) is 5.75 Å². The first-order valence-corrected chi connectivity index (χ1v) is 23.8. The van der Waals surface area contributed by atoms with Crippen molar-refractivity contribution < 1.29 is 71.0 Å². The molecule has 2 aliphatic rings. The number of amides is 6. The number of aromatic carboxylic acids is 1. The molecule has 1 aliphatic carbocycles. The number of unbranched alkanes of at least 4 members (excludes halogenated alkanes) is 2. The number of hydrogen-bond donors (Lipinski definition) is 10. The SMILES string of the molecule is CC(=O)NC(Cc1ccc(C(F)(F)O[PH](=O)O)cc1)C(=O)NC(CCCCN)C(=O)NC(C)C(=O)NC(CCCCNC(=O)c1ccc(-c2c3ccc(=O)cc-3oc3cc(O)ccc23)c(C(=O)O)c1)C(N)=O. The van der Waals surface area contributed by atoms with Crippen LogP contribution in [0.15, 0.2) is 88.1 Å². The van der Waals surface area contributed by atoms with Crippen LogP contribution in [-0.2, 0) is 45.6 Å². The van der Waals surface area contributed by atoms with E-state index >= 15 is 0 Å². The Labute approximate surface area is 410 Å². The lowest BCUT2D eigenvalue weighted by molar-refractivity contribution is -0.186. The molecule has 24 heteroatoms. The van der Waals surface area contributed by atoms with E-state index in [4.69, 9.17) is 20.8 Å². The van der Waals surface area contributed by atoms with Crippen molar-refractivity contribution in [3.05, 3.63) is 111 Å². The van der Waals surface area contributed by atoms with Crippen LogP contribution in [0.3, 0.4) is 0 Å². The molecule has 0 saturated carbocycles. The molecule has 0 saturated heterocycles. The van der Waals surface area contributed by atoms with Gasteiger partial charge in [-0.25, -0.2) is 9.32 Å². The van der Waals surface area contributed by atoms with Crippen molar-refractivity contribution >= 4 is 60.6 Å². The molecule has 0 spiro atoms. The van der Waals surface area contributed by atoms with Crippen LogP contribution in [0.2, 0.25) is 0 Å². The smallest absolute Gasteiger partial charge is 0.389 e. The number of phenolic OH excluding ortho intramolecular Hbond substituents is 1. The van der Waals surface area contributed by atoms with E-state index in [1.54, 1.807) is 6.07 Å². The summed E-state index contributed by atoms with van der Waals surface area (Å²) < 4.78 is 48.8. The number of carboxylic acids is 1. The molecule has 0 radical (unpaired) electrons. The number of nitrogens with two attached hydrogens (primary N) is 2. The highest BCUT2D eigenvalue weighted by atomic mass is 31.1. The maximum Gasteiger partial charge on any atom is 0.389 e. The fourth-order valence-corrected chi connectivity index (χ4v) is 8.03. The Morgan fingerprint density at radius 2 is 1.44 bits per heavy atom. The number of benzene rings is 4. The molecule has 3 aromatic carbocycles. The van der Waals surface area contributed by atoms with Crippen molar-refractivity contribution in [3.8, 4) is 28.2 Å². The molecule has 0 fully saturated rings. The number of fused-ring (bicyclic) bond motifs is 2. The summed E-state index contributed by atoms with van der Waals surface area (Å²) >= 11 is 0. The highest BCUT2D eigenvalue weighted by molar-refractivity contribution is 7.32. The molecule has 384 valence electrons. The molecule has 12 N–H and O–H groups in total. The number of primary amides is 1. The summed E-state index contributed by atoms with van der Waals surface area (Å²) in [5, 5.41) is 33.5. The molecule has 3 aromatic rings. The lowest BCUT2D eigenvalue weighted by Crippen LogP contribution is -2.57. The molecule has 0 bridgehead atoms. The minimum atomic E-state index is -4.08. The van der Waals surface area contributed by atoms with Crippen molar-refractivity contribution in [1.29, 1.82) is 0 Å². The molecule has 1 heterocycles. The van der Waals surface area contributed by atoms with Gasteiger partial charge in [-0.05, 0) is 99.5 Å². The predicted octanol–water partition coefficient (Wildman–Crippen LogP) is 3.15. The fourth-order valence-electron chi connectivity index (χ4n) is 7.70. The summed E-state index contributed by atoms with van der Waals surface area (Å²) in [6.45, 7) is 2.80. The number of carbonyl (C=O) groups is 7. The third kappa shape index (κ3) is 15.0. The average molecular weight is 1020 g/mol. The summed E-state index contributed by atoms with van der Waals surface area (Å²) in [4.78, 5) is 112. The average Bonchev–Trinajstić information content (AvgIpc) is 3.31. The number of hydrogen-bond acceptors (Lipinski definition) is 13. The number of phenols is 1. The van der Waals surface area contributed by atoms with Gasteiger partial charge >= 0.3 is 20.3 Å². The molecule has 0 aromatic heterocycles. The molecule has 1 aliphatic heterocycles. The highest BCUT2D eigenvalue weighted by Crippen LogP contribution is 2.42. The van der Waals surface area contributed by atoms with Crippen LogP contribution in [0.4, 0.5) is 8.78 Å². The van der Waals surface area contributed by atoms with E-state index in [0.29, 0.717) is 29.4 Å². The van der Waals surface area contributed by atoms with Crippen molar-refractivity contribution in [2.75, 3.05) is 13.1 Å². The number of halogens is 2. The van der Waals surface area contributed by atoms with Crippen molar-refractivity contribution in [3.63, 3.8) is 0 Å². The van der Waals surface area contributed by atoms with Gasteiger partial charge in [-0.2, -0.15) is 8.78 Å². The van der Waals surface area contributed by atoms with Gasteiger partial charge in [0.05, 0.1) is 11.1 Å². The molecular weight excluding hydrogens is 968 g/mol. The van der Waals surface area contributed by atoms with E-state index in [-0.39, 0.29) is 90.0 Å². The Morgan fingerprint density at radius 3 is 2.10 bits per heavy atom. The van der Waals surface area contributed by atoms with Crippen LogP contribution < -0.4 is 43.5 Å². The molecule has 21 nitrogen and oxygen atoms in total. The minimum absolute atomic E-state index is 0.0179. The second kappa shape index (κ2) is 25.0. The standard InChI is InChI=1S/C48H54F2N7O14P/c1-25(54-45(64)37(8-3-5-19-51)57-46(65)38(55-26(2)58)21-27-9-12-29(13-10-27)48(49,50)71-72(68)69)43(62)56-36(42(52)61)7-4-6-20-53-44(63)28-11-16-32(35(22-28)47(66)67)41-33-17-14-30(59)23-39(33)70-40-24-31(60)15-18-34(40)41/h9-18,22-25,36-38,59,72H,3-8,19-21,51H2,1-2H3,(H2,52,61)(H,53,63)(H,54,64)(H,55,58)(H,56,62)(H,57,65)(H,66,67)(H,68,69). The van der Waals surface area contributed by atoms with Crippen LogP contribution in [-0.4, -0.2) is 93.8 Å². The number of carboxylic acid groups (broad SMARTS) is 1. The van der Waals surface area contributed by atoms with Gasteiger partial charge in [0.2, 0.25) is 29.5 Å². The highest BCUT2D eigenvalue weighted by Gasteiger charge is 2.35. The molecule has 5 rings (SSSR count). The second-order valence-electron chi connectivity index (χ2n) is 16.7. The molecule has 5 unspecified atom stereocenters. The van der Waals surface area contributed by atoms with Gasteiger partial charge in [-0.1, -0.05) is 30.3 Å². The quantitative estimate of drug-likeness (QED) is 0.0228. The zero-order chi connectivity index (χ0) is 52.9. The van der Waals surface area contributed by atoms with Gasteiger partial charge in [0.25, 0.3) is 5.91 Å². The molecule has 72 heavy (non-hydrogen) atoms. The van der Waals surface area contributed by atoms with Crippen LogP contribution in [0, 0.1) is 0 Å². The summed E-state index contributed by atoms with van der Waals surface area (Å²) in [6.07, 6.45) is -2.86. The number of aromatic hydroxyl groups is 1. The Bertz CT molecular complexity index is 2880. The predicted molar refractivity (Wildman–Crippen MR) is 257 cm³/mol. The number of carbonyl (C=O) groups excluding carboxylic acids is 6. The Morgan fingerprint density at radius 1 is 0.792 bits per heavy atom. The van der Waals surface area contributed by atoms with E-state index in [0.717, 1.165) is 19.1 Å². The van der Waals surface area contributed by atoms with Gasteiger partial charge in [0.15, 0.2) is 5.43 Å². The van der Waals surface area contributed by atoms with E-state index in [9.17, 15) is 61.9 Å². The molecule has 5 atom stereocenters. The first-order chi connectivity index (χ1) is 34.1. The van der Waals surface area contributed by atoms with Crippen LogP contribution in [0.25, 0.3) is 33.4 Å². The lowest BCUT2D eigenvalue weighted by Gasteiger charge is -2.25. The lowest BCUT2D eigenvalue weighted by atomic mass is 9.90. The van der Waals surface area contributed by atoms with E-state index in [1.165, 1.54) is 67.6 Å². The fraction of sp³-hybridized carbons (Fsp3) is 0.333. The Balaban J connectivity index is 1.17. The maximum atomic E-state index is 14.2. The summed E-state index contributed by atoms with van der Waals surface area (Å²) in [5.74, 6) is -5.86. The Kier molecular flexibility index (Phi) is 19.2. The van der Waals surface area contributed by atoms with Crippen molar-refractivity contribution in [2.45, 2.75) is 89.1 Å². The van der Waals surface area contributed by atoms with Crippen LogP contribution >= 0.6 is 8.25 Å². The van der Waals surface area contributed by atoms with E-state index in [2.05, 4.69) is 31.1 Å². The van der Waals surface area contributed by atoms with Gasteiger partial charge in [0, 0.05) is 54.1 Å². The topological polar surface area (TPSA) is 349 Å². The first kappa shape index (κ1) is 55.3. The Hall–Kier alpha value is -7.59. The molecular formula is C48H54F2N7O14P. The summed E-state index contributed by atoms with van der Waals surface area (Å²) in [6, 6.07) is 11.6. The number of nitrogens with one attached hydrogen (secondary N) is 5. The number of rotatable bonds is 25.